The van der Waals surface area contributed by atoms with Crippen molar-refractivity contribution in [3.63, 3.8) is 0 Å². The van der Waals surface area contributed by atoms with Crippen molar-refractivity contribution in [2.45, 2.75) is 33.6 Å². The van der Waals surface area contributed by atoms with Gasteiger partial charge < -0.3 is 0 Å². The van der Waals surface area contributed by atoms with Crippen LogP contribution in [0.25, 0.3) is 5.52 Å². The Kier molecular flexibility index (Phi) is 3.37. The van der Waals surface area contributed by atoms with E-state index < -0.39 is 0 Å². The molecule has 0 saturated heterocycles. The van der Waals surface area contributed by atoms with E-state index in [9.17, 15) is 4.79 Å². The summed E-state index contributed by atoms with van der Waals surface area (Å²) in [4.78, 5) is 19.6. The molecule has 5 nitrogen and oxygen atoms in total. The number of amides is 1. The second kappa shape index (κ2) is 5.44. The molecule has 0 unspecified atom stereocenters. The molecule has 0 aromatic carbocycles. The monoisotopic (exact) mass is 320 g/mol. The zero-order valence-electron chi connectivity index (χ0n) is 14.2. The van der Waals surface area contributed by atoms with Gasteiger partial charge in [-0.2, -0.15) is 5.10 Å². The lowest BCUT2D eigenvalue weighted by Crippen LogP contribution is -2.36. The average molecular weight is 320 g/mol. The summed E-state index contributed by atoms with van der Waals surface area (Å²) in [6.45, 7) is 6.72. The number of carbonyl (C=O) groups excluding carboxylic acids is 1. The summed E-state index contributed by atoms with van der Waals surface area (Å²) in [5.41, 5.74) is 5.77. The molecular formula is C19H20N4O. The molecule has 4 heterocycles. The minimum absolute atomic E-state index is 0.0210. The number of pyridine rings is 2. The van der Waals surface area contributed by atoms with Crippen LogP contribution in [0.5, 0.6) is 0 Å². The Balaban J connectivity index is 1.81. The topological polar surface area (TPSA) is 50.5 Å². The second-order valence-electron chi connectivity index (χ2n) is 6.45. The van der Waals surface area contributed by atoms with Crippen LogP contribution in [0.1, 0.15) is 39.3 Å². The van der Waals surface area contributed by atoms with Crippen LogP contribution in [-0.2, 0) is 6.42 Å². The Labute approximate surface area is 140 Å². The van der Waals surface area contributed by atoms with Gasteiger partial charge in [-0.3, -0.25) is 9.69 Å². The lowest BCUT2D eigenvalue weighted by Gasteiger charge is -2.28. The van der Waals surface area contributed by atoms with E-state index in [1.807, 2.05) is 43.5 Å². The van der Waals surface area contributed by atoms with Crippen molar-refractivity contribution in [2.75, 3.05) is 11.4 Å². The first-order valence-electron chi connectivity index (χ1n) is 8.28. The van der Waals surface area contributed by atoms with E-state index in [1.165, 1.54) is 0 Å². The molecule has 24 heavy (non-hydrogen) atoms. The van der Waals surface area contributed by atoms with E-state index in [0.717, 1.165) is 46.7 Å². The maximum Gasteiger partial charge on any atom is 0.263 e. The number of fused-ring (bicyclic) bond motifs is 2. The van der Waals surface area contributed by atoms with Gasteiger partial charge in [0, 0.05) is 17.9 Å². The molecule has 5 heteroatoms. The van der Waals surface area contributed by atoms with Crippen LogP contribution in [0.4, 0.5) is 5.82 Å². The molecule has 4 rings (SSSR count). The first-order chi connectivity index (χ1) is 11.6. The Morgan fingerprint density at radius 3 is 2.79 bits per heavy atom. The number of aryl methyl sites for hydroxylation is 4. The Bertz CT molecular complexity index is 957. The molecule has 0 N–H and O–H groups in total. The van der Waals surface area contributed by atoms with Crippen molar-refractivity contribution in [1.29, 1.82) is 0 Å². The summed E-state index contributed by atoms with van der Waals surface area (Å²) in [6.07, 6.45) is 3.61. The highest BCUT2D eigenvalue weighted by Crippen LogP contribution is 2.28. The number of rotatable bonds is 1. The fourth-order valence-corrected chi connectivity index (χ4v) is 3.32. The molecule has 0 aliphatic carbocycles. The number of carbonyl (C=O) groups is 1. The zero-order valence-corrected chi connectivity index (χ0v) is 14.2. The summed E-state index contributed by atoms with van der Waals surface area (Å²) < 4.78 is 1.84. The Morgan fingerprint density at radius 2 is 1.96 bits per heavy atom. The number of hydrogen-bond acceptors (Lipinski definition) is 3. The highest BCUT2D eigenvalue weighted by atomic mass is 16.2. The largest absolute Gasteiger partial charge is 0.292 e. The van der Waals surface area contributed by atoms with Gasteiger partial charge in [0.05, 0.1) is 17.3 Å². The summed E-state index contributed by atoms with van der Waals surface area (Å²) in [6, 6.07) is 8.10. The molecule has 1 amide bonds. The van der Waals surface area contributed by atoms with Crippen LogP contribution in [0, 0.1) is 20.8 Å². The van der Waals surface area contributed by atoms with Crippen molar-refractivity contribution in [3.05, 3.63) is 58.5 Å². The number of anilines is 1. The van der Waals surface area contributed by atoms with Crippen LogP contribution >= 0.6 is 0 Å². The second-order valence-corrected chi connectivity index (χ2v) is 6.45. The molecule has 3 aromatic heterocycles. The standard InChI is InChI=1S/C19H20N4O/c1-12-6-9-17-16(11-20-23(17)14(12)3)19(24)22-10-4-5-15-8-7-13(2)21-18(15)22/h6-9,11H,4-5,10H2,1-3H3. The van der Waals surface area contributed by atoms with E-state index in [4.69, 9.17) is 0 Å². The third-order valence-electron chi connectivity index (χ3n) is 4.84. The molecule has 3 aromatic rings. The molecule has 0 bridgehead atoms. The summed E-state index contributed by atoms with van der Waals surface area (Å²) in [7, 11) is 0. The van der Waals surface area contributed by atoms with Crippen LogP contribution in [0.2, 0.25) is 0 Å². The minimum atomic E-state index is -0.0210. The van der Waals surface area contributed by atoms with Gasteiger partial charge in [-0.15, -0.1) is 0 Å². The number of aromatic nitrogens is 3. The SMILES string of the molecule is Cc1ccc2c(n1)N(C(=O)c1cnn3c(C)c(C)ccc13)CCC2. The first-order valence-corrected chi connectivity index (χ1v) is 8.28. The third kappa shape index (κ3) is 2.19. The molecule has 0 spiro atoms. The van der Waals surface area contributed by atoms with E-state index in [2.05, 4.69) is 16.1 Å². The number of nitrogens with zero attached hydrogens (tertiary/aromatic N) is 4. The fraction of sp³-hybridized carbons (Fsp3) is 0.316. The molecule has 122 valence electrons. The fourth-order valence-electron chi connectivity index (χ4n) is 3.32. The van der Waals surface area contributed by atoms with Gasteiger partial charge >= 0.3 is 0 Å². The van der Waals surface area contributed by atoms with E-state index in [0.29, 0.717) is 12.1 Å². The van der Waals surface area contributed by atoms with Crippen LogP contribution in [0.3, 0.4) is 0 Å². The van der Waals surface area contributed by atoms with Gasteiger partial charge in [-0.05, 0) is 56.9 Å². The van der Waals surface area contributed by atoms with E-state index in [-0.39, 0.29) is 5.91 Å². The summed E-state index contributed by atoms with van der Waals surface area (Å²) >= 11 is 0. The van der Waals surface area contributed by atoms with Crippen LogP contribution in [0.15, 0.2) is 30.5 Å². The number of hydrogen-bond donors (Lipinski definition) is 0. The van der Waals surface area contributed by atoms with Gasteiger partial charge in [-0.1, -0.05) is 12.1 Å². The van der Waals surface area contributed by atoms with Crippen LogP contribution in [-0.4, -0.2) is 27.0 Å². The molecule has 0 radical (unpaired) electrons. The predicted molar refractivity (Wildman–Crippen MR) is 93.6 cm³/mol. The van der Waals surface area contributed by atoms with Crippen molar-refractivity contribution >= 4 is 17.2 Å². The van der Waals surface area contributed by atoms with Crippen LogP contribution < -0.4 is 4.90 Å². The van der Waals surface area contributed by atoms with E-state index in [1.54, 1.807) is 11.1 Å². The van der Waals surface area contributed by atoms with Gasteiger partial charge in [0.25, 0.3) is 5.91 Å². The average Bonchev–Trinajstić information content (AvgIpc) is 3.01. The van der Waals surface area contributed by atoms with E-state index >= 15 is 0 Å². The molecule has 0 saturated carbocycles. The van der Waals surface area contributed by atoms with Crippen molar-refractivity contribution in [1.82, 2.24) is 14.6 Å². The lowest BCUT2D eigenvalue weighted by molar-refractivity contribution is 0.0986. The highest BCUT2D eigenvalue weighted by Gasteiger charge is 2.27. The Hall–Kier alpha value is -2.69. The van der Waals surface area contributed by atoms with Gasteiger partial charge in [0.2, 0.25) is 0 Å². The predicted octanol–water partition coefficient (Wildman–Crippen LogP) is 3.25. The lowest BCUT2D eigenvalue weighted by atomic mass is 10.0. The van der Waals surface area contributed by atoms with Crippen molar-refractivity contribution in [2.24, 2.45) is 0 Å². The quantitative estimate of drug-likeness (QED) is 0.691. The summed E-state index contributed by atoms with van der Waals surface area (Å²) in [5.74, 6) is 0.779. The molecule has 1 aliphatic heterocycles. The molecule has 0 atom stereocenters. The molecular weight excluding hydrogens is 300 g/mol. The normalized spacial score (nSPS) is 14.0. The maximum absolute atomic E-state index is 13.2. The maximum atomic E-state index is 13.2. The van der Waals surface area contributed by atoms with Crippen molar-refractivity contribution < 1.29 is 4.79 Å². The highest BCUT2D eigenvalue weighted by molar-refractivity contribution is 6.10. The molecule has 0 fully saturated rings. The van der Waals surface area contributed by atoms with Gasteiger partial charge in [0.15, 0.2) is 0 Å². The smallest absolute Gasteiger partial charge is 0.263 e. The van der Waals surface area contributed by atoms with Gasteiger partial charge in [-0.25, -0.2) is 9.50 Å². The minimum Gasteiger partial charge on any atom is -0.292 e. The van der Waals surface area contributed by atoms with Gasteiger partial charge in [0.1, 0.15) is 5.82 Å². The summed E-state index contributed by atoms with van der Waals surface area (Å²) in [5, 5.41) is 4.42. The first kappa shape index (κ1) is 14.9. The molecule has 1 aliphatic rings. The Morgan fingerprint density at radius 1 is 1.12 bits per heavy atom. The van der Waals surface area contributed by atoms with Crippen molar-refractivity contribution in [3.8, 4) is 0 Å². The third-order valence-corrected chi connectivity index (χ3v) is 4.84. The zero-order chi connectivity index (χ0) is 16.8.